The van der Waals surface area contributed by atoms with E-state index in [1.807, 2.05) is 12.1 Å². The zero-order valence-electron chi connectivity index (χ0n) is 13.3. The van der Waals surface area contributed by atoms with E-state index in [-0.39, 0.29) is 5.69 Å². The SMILES string of the molecule is CC(=O)Oc1cccc2ccc(/C=N/NC(=O)c3ccccn3)nc12. The Balaban J connectivity index is 1.79. The lowest BCUT2D eigenvalue weighted by molar-refractivity contribution is -0.131. The Morgan fingerprint density at radius 3 is 2.76 bits per heavy atom. The predicted octanol–water partition coefficient (Wildman–Crippen LogP) is 2.32. The number of amides is 1. The van der Waals surface area contributed by atoms with Gasteiger partial charge in [0.1, 0.15) is 11.2 Å². The molecule has 2 heterocycles. The number of para-hydroxylation sites is 1. The minimum atomic E-state index is -0.420. The Hall–Kier alpha value is -3.61. The van der Waals surface area contributed by atoms with E-state index in [2.05, 4.69) is 20.5 Å². The van der Waals surface area contributed by atoms with Crippen LogP contribution < -0.4 is 10.2 Å². The Kier molecular flexibility index (Phi) is 4.75. The molecule has 0 radical (unpaired) electrons. The number of nitrogens with one attached hydrogen (secondary N) is 1. The van der Waals surface area contributed by atoms with Gasteiger partial charge in [-0.05, 0) is 24.3 Å². The summed E-state index contributed by atoms with van der Waals surface area (Å²) in [4.78, 5) is 31.4. The van der Waals surface area contributed by atoms with Crippen LogP contribution in [0.1, 0.15) is 23.1 Å². The molecule has 0 atom stereocenters. The molecule has 0 saturated heterocycles. The van der Waals surface area contributed by atoms with Gasteiger partial charge in [-0.1, -0.05) is 24.3 Å². The van der Waals surface area contributed by atoms with Crippen molar-refractivity contribution in [3.05, 3.63) is 66.1 Å². The standard InChI is InChI=1S/C18H14N4O3/c1-12(23)25-16-7-4-5-13-8-9-14(21-17(13)16)11-20-22-18(24)15-6-2-3-10-19-15/h2-11H,1H3,(H,22,24)/b20-11+. The maximum atomic E-state index is 11.9. The van der Waals surface area contributed by atoms with Gasteiger partial charge in [0.25, 0.3) is 5.91 Å². The van der Waals surface area contributed by atoms with Crippen LogP contribution in [0.25, 0.3) is 10.9 Å². The summed E-state index contributed by atoms with van der Waals surface area (Å²) in [6.07, 6.45) is 2.94. The highest BCUT2D eigenvalue weighted by Crippen LogP contribution is 2.23. The van der Waals surface area contributed by atoms with Crippen LogP contribution in [0.2, 0.25) is 0 Å². The van der Waals surface area contributed by atoms with Gasteiger partial charge >= 0.3 is 5.97 Å². The third-order valence-electron chi connectivity index (χ3n) is 3.22. The number of rotatable bonds is 4. The second kappa shape index (κ2) is 7.31. The van der Waals surface area contributed by atoms with Crippen LogP contribution >= 0.6 is 0 Å². The summed E-state index contributed by atoms with van der Waals surface area (Å²) < 4.78 is 5.16. The van der Waals surface area contributed by atoms with Crippen molar-refractivity contribution in [2.24, 2.45) is 5.10 Å². The second-order valence-electron chi connectivity index (χ2n) is 5.07. The molecule has 25 heavy (non-hydrogen) atoms. The first-order valence-corrected chi connectivity index (χ1v) is 7.46. The van der Waals surface area contributed by atoms with Crippen LogP contribution in [0.3, 0.4) is 0 Å². The molecular formula is C18H14N4O3. The lowest BCUT2D eigenvalue weighted by Gasteiger charge is -2.05. The molecule has 0 unspecified atom stereocenters. The number of pyridine rings is 2. The number of fused-ring (bicyclic) bond motifs is 1. The Labute approximate surface area is 143 Å². The fraction of sp³-hybridized carbons (Fsp3) is 0.0556. The molecule has 7 nitrogen and oxygen atoms in total. The number of ether oxygens (including phenoxy) is 1. The van der Waals surface area contributed by atoms with Gasteiger partial charge in [-0.15, -0.1) is 0 Å². The van der Waals surface area contributed by atoms with Crippen LogP contribution in [-0.2, 0) is 4.79 Å². The minimum Gasteiger partial charge on any atom is -0.424 e. The molecule has 0 aliphatic rings. The third-order valence-corrected chi connectivity index (χ3v) is 3.22. The first kappa shape index (κ1) is 16.3. The quantitative estimate of drug-likeness (QED) is 0.342. The summed E-state index contributed by atoms with van der Waals surface area (Å²) in [7, 11) is 0. The number of carbonyl (C=O) groups is 2. The van der Waals surface area contributed by atoms with Crippen molar-refractivity contribution in [3.63, 3.8) is 0 Å². The van der Waals surface area contributed by atoms with Gasteiger partial charge in [0.15, 0.2) is 5.75 Å². The molecule has 2 aromatic heterocycles. The first-order chi connectivity index (χ1) is 12.1. The van der Waals surface area contributed by atoms with E-state index in [1.165, 1.54) is 19.3 Å². The van der Waals surface area contributed by atoms with E-state index in [4.69, 9.17) is 4.74 Å². The van der Waals surface area contributed by atoms with Crippen molar-refractivity contribution >= 4 is 29.0 Å². The number of nitrogens with zero attached hydrogens (tertiary/aromatic N) is 3. The van der Waals surface area contributed by atoms with Crippen molar-refractivity contribution in [2.75, 3.05) is 0 Å². The molecule has 0 aliphatic heterocycles. The van der Waals surface area contributed by atoms with Crippen molar-refractivity contribution in [2.45, 2.75) is 6.92 Å². The van der Waals surface area contributed by atoms with Crippen LogP contribution in [0.4, 0.5) is 0 Å². The lowest BCUT2D eigenvalue weighted by Crippen LogP contribution is -2.18. The highest BCUT2D eigenvalue weighted by molar-refractivity contribution is 5.93. The molecular weight excluding hydrogens is 320 g/mol. The van der Waals surface area contributed by atoms with E-state index in [0.717, 1.165) is 5.39 Å². The van der Waals surface area contributed by atoms with Crippen molar-refractivity contribution in [1.29, 1.82) is 0 Å². The maximum absolute atomic E-state index is 11.9. The molecule has 0 saturated carbocycles. The number of hydrogen-bond acceptors (Lipinski definition) is 6. The largest absolute Gasteiger partial charge is 0.424 e. The van der Waals surface area contributed by atoms with E-state index in [0.29, 0.717) is 17.0 Å². The summed E-state index contributed by atoms with van der Waals surface area (Å²) in [6.45, 7) is 1.33. The van der Waals surface area contributed by atoms with Gasteiger partial charge in [0.05, 0.1) is 11.9 Å². The van der Waals surface area contributed by atoms with Gasteiger partial charge in [-0.2, -0.15) is 5.10 Å². The van der Waals surface area contributed by atoms with E-state index in [9.17, 15) is 9.59 Å². The van der Waals surface area contributed by atoms with Crippen LogP contribution in [0, 0.1) is 0 Å². The molecule has 0 fully saturated rings. The molecule has 124 valence electrons. The number of esters is 1. The lowest BCUT2D eigenvalue weighted by atomic mass is 10.2. The van der Waals surface area contributed by atoms with E-state index >= 15 is 0 Å². The fourth-order valence-corrected chi connectivity index (χ4v) is 2.16. The molecule has 1 amide bonds. The average Bonchev–Trinajstić information content (AvgIpc) is 2.62. The van der Waals surface area contributed by atoms with Crippen molar-refractivity contribution in [1.82, 2.24) is 15.4 Å². The molecule has 1 aromatic carbocycles. The first-order valence-electron chi connectivity index (χ1n) is 7.46. The third kappa shape index (κ3) is 4.03. The molecule has 7 heteroatoms. The summed E-state index contributed by atoms with van der Waals surface area (Å²) in [6, 6.07) is 13.9. The normalized spacial score (nSPS) is 10.8. The van der Waals surface area contributed by atoms with Crippen molar-refractivity contribution in [3.8, 4) is 5.75 Å². The van der Waals surface area contributed by atoms with Gasteiger partial charge in [0, 0.05) is 18.5 Å². The Morgan fingerprint density at radius 1 is 1.12 bits per heavy atom. The highest BCUT2D eigenvalue weighted by atomic mass is 16.5. The second-order valence-corrected chi connectivity index (χ2v) is 5.07. The molecule has 3 rings (SSSR count). The average molecular weight is 334 g/mol. The van der Waals surface area contributed by atoms with Gasteiger partial charge in [-0.3, -0.25) is 14.6 Å². The van der Waals surface area contributed by atoms with Gasteiger partial charge in [-0.25, -0.2) is 10.4 Å². The topological polar surface area (TPSA) is 93.5 Å². The van der Waals surface area contributed by atoms with E-state index in [1.54, 1.807) is 36.4 Å². The van der Waals surface area contributed by atoms with Gasteiger partial charge < -0.3 is 4.74 Å². The van der Waals surface area contributed by atoms with Crippen molar-refractivity contribution < 1.29 is 14.3 Å². The molecule has 0 spiro atoms. The zero-order chi connectivity index (χ0) is 17.6. The minimum absolute atomic E-state index is 0.267. The zero-order valence-corrected chi connectivity index (χ0v) is 13.3. The predicted molar refractivity (Wildman–Crippen MR) is 92.3 cm³/mol. The summed E-state index contributed by atoms with van der Waals surface area (Å²) in [5.74, 6) is -0.466. The highest BCUT2D eigenvalue weighted by Gasteiger charge is 2.07. The molecule has 1 N–H and O–H groups in total. The smallest absolute Gasteiger partial charge is 0.308 e. The Bertz CT molecular complexity index is 955. The summed E-state index contributed by atoms with van der Waals surface area (Å²) in [5.41, 5.74) is 3.70. The van der Waals surface area contributed by atoms with Crippen LogP contribution in [0.15, 0.2) is 59.8 Å². The molecule has 0 bridgehead atoms. The van der Waals surface area contributed by atoms with E-state index < -0.39 is 11.9 Å². The monoisotopic (exact) mass is 334 g/mol. The van der Waals surface area contributed by atoms with Gasteiger partial charge in [0.2, 0.25) is 0 Å². The number of hydrogen-bond donors (Lipinski definition) is 1. The number of hydrazone groups is 1. The summed E-state index contributed by atoms with van der Waals surface area (Å²) >= 11 is 0. The number of benzene rings is 1. The maximum Gasteiger partial charge on any atom is 0.308 e. The van der Waals surface area contributed by atoms with Crippen LogP contribution in [-0.4, -0.2) is 28.1 Å². The molecule has 3 aromatic rings. The van der Waals surface area contributed by atoms with Crippen LogP contribution in [0.5, 0.6) is 5.75 Å². The Morgan fingerprint density at radius 2 is 2.00 bits per heavy atom. The number of aromatic nitrogens is 2. The summed E-state index contributed by atoms with van der Waals surface area (Å²) in [5, 5.41) is 4.71. The number of carbonyl (C=O) groups excluding carboxylic acids is 2. The molecule has 0 aliphatic carbocycles. The fourth-order valence-electron chi connectivity index (χ4n) is 2.16.